The van der Waals surface area contributed by atoms with Gasteiger partial charge in [-0.3, -0.25) is 0 Å². The number of hydrogen-bond donors (Lipinski definition) is 1. The van der Waals surface area contributed by atoms with Crippen molar-refractivity contribution < 1.29 is 5.11 Å². The quantitative estimate of drug-likeness (QED) is 0.855. The number of fused-ring (bicyclic) bond motifs is 1. The maximum Gasteiger partial charge on any atom is 0.109 e. The van der Waals surface area contributed by atoms with Crippen LogP contribution in [0.25, 0.3) is 11.0 Å². The number of rotatable bonds is 4. The van der Waals surface area contributed by atoms with Gasteiger partial charge >= 0.3 is 0 Å². The van der Waals surface area contributed by atoms with E-state index in [0.717, 1.165) is 29.7 Å². The maximum atomic E-state index is 9.76. The minimum absolute atomic E-state index is 0.289. The van der Waals surface area contributed by atoms with Crippen LogP contribution in [0.15, 0.2) is 24.3 Å². The monoisotopic (exact) mass is 218 g/mol. The number of aromatic nitrogens is 2. The molecule has 0 aliphatic carbocycles. The van der Waals surface area contributed by atoms with E-state index in [1.807, 2.05) is 25.1 Å². The predicted molar refractivity (Wildman–Crippen MR) is 65.4 cm³/mol. The molecule has 1 aromatic carbocycles. The summed E-state index contributed by atoms with van der Waals surface area (Å²) < 4.78 is 2.13. The zero-order valence-electron chi connectivity index (χ0n) is 9.85. The molecule has 1 unspecified atom stereocenters. The molecule has 0 radical (unpaired) electrons. The summed E-state index contributed by atoms with van der Waals surface area (Å²) in [6.45, 7) is 4.73. The third-order valence-electron chi connectivity index (χ3n) is 2.91. The normalized spacial score (nSPS) is 13.2. The van der Waals surface area contributed by atoms with E-state index in [-0.39, 0.29) is 6.10 Å². The molecule has 0 aliphatic rings. The first-order valence-electron chi connectivity index (χ1n) is 5.88. The van der Waals surface area contributed by atoms with Gasteiger partial charge in [0.15, 0.2) is 0 Å². The first kappa shape index (κ1) is 11.1. The number of benzene rings is 1. The minimum Gasteiger partial charge on any atom is -0.391 e. The molecule has 1 atom stereocenters. The van der Waals surface area contributed by atoms with E-state index in [2.05, 4.69) is 22.5 Å². The number of hydrogen-bond acceptors (Lipinski definition) is 2. The summed E-state index contributed by atoms with van der Waals surface area (Å²) in [4.78, 5) is 4.57. The zero-order valence-corrected chi connectivity index (χ0v) is 9.85. The fraction of sp³-hybridized carbons (Fsp3) is 0.462. The van der Waals surface area contributed by atoms with Crippen molar-refractivity contribution in [1.29, 1.82) is 0 Å². The van der Waals surface area contributed by atoms with Crippen molar-refractivity contribution in [1.82, 2.24) is 9.55 Å². The Hall–Kier alpha value is -1.35. The predicted octanol–water partition coefficient (Wildman–Crippen LogP) is 2.37. The van der Waals surface area contributed by atoms with Crippen LogP contribution in [0.4, 0.5) is 0 Å². The van der Waals surface area contributed by atoms with Crippen molar-refractivity contribution >= 4 is 11.0 Å². The van der Waals surface area contributed by atoms with Crippen LogP contribution in [0.5, 0.6) is 0 Å². The highest BCUT2D eigenvalue weighted by molar-refractivity contribution is 5.75. The Labute approximate surface area is 95.7 Å². The van der Waals surface area contributed by atoms with Gasteiger partial charge in [-0.25, -0.2) is 4.98 Å². The SMILES string of the molecule is CCc1nc2ccccc2n1CC(O)CC. The van der Waals surface area contributed by atoms with E-state index in [9.17, 15) is 5.11 Å². The Morgan fingerprint density at radius 2 is 2.06 bits per heavy atom. The third kappa shape index (κ3) is 1.95. The van der Waals surface area contributed by atoms with Gasteiger partial charge in [-0.15, -0.1) is 0 Å². The van der Waals surface area contributed by atoms with Crippen LogP contribution >= 0.6 is 0 Å². The molecule has 1 N–H and O–H groups in total. The molecule has 0 saturated carbocycles. The second-order valence-corrected chi connectivity index (χ2v) is 4.04. The van der Waals surface area contributed by atoms with Crippen molar-refractivity contribution in [2.75, 3.05) is 0 Å². The lowest BCUT2D eigenvalue weighted by atomic mass is 10.2. The second kappa shape index (κ2) is 4.66. The topological polar surface area (TPSA) is 38.0 Å². The van der Waals surface area contributed by atoms with Crippen LogP contribution < -0.4 is 0 Å². The van der Waals surface area contributed by atoms with Crippen molar-refractivity contribution in [3.05, 3.63) is 30.1 Å². The third-order valence-corrected chi connectivity index (χ3v) is 2.91. The molecule has 0 aliphatic heterocycles. The summed E-state index contributed by atoms with van der Waals surface area (Å²) in [6, 6.07) is 8.08. The highest BCUT2D eigenvalue weighted by atomic mass is 16.3. The minimum atomic E-state index is -0.289. The number of para-hydroxylation sites is 2. The molecular formula is C13H18N2O. The van der Waals surface area contributed by atoms with Gasteiger partial charge in [-0.05, 0) is 18.6 Å². The standard InChI is InChI=1S/C13H18N2O/c1-3-10(16)9-15-12-8-6-5-7-11(12)14-13(15)4-2/h5-8,10,16H,3-4,9H2,1-2H3. The van der Waals surface area contributed by atoms with E-state index in [1.165, 1.54) is 0 Å². The molecule has 86 valence electrons. The maximum absolute atomic E-state index is 9.76. The summed E-state index contributed by atoms with van der Waals surface area (Å²) in [5, 5.41) is 9.76. The van der Waals surface area contributed by atoms with Crippen molar-refractivity contribution in [2.24, 2.45) is 0 Å². The fourth-order valence-corrected chi connectivity index (χ4v) is 1.94. The largest absolute Gasteiger partial charge is 0.391 e. The van der Waals surface area contributed by atoms with Gasteiger partial charge in [0.25, 0.3) is 0 Å². The van der Waals surface area contributed by atoms with Gasteiger partial charge in [0.2, 0.25) is 0 Å². The Bertz CT molecular complexity index is 476. The summed E-state index contributed by atoms with van der Waals surface area (Å²) in [6.07, 6.45) is 1.38. The van der Waals surface area contributed by atoms with E-state index in [1.54, 1.807) is 0 Å². The van der Waals surface area contributed by atoms with E-state index in [4.69, 9.17) is 0 Å². The summed E-state index contributed by atoms with van der Waals surface area (Å²) in [5.41, 5.74) is 2.13. The molecule has 1 aromatic heterocycles. The Morgan fingerprint density at radius 3 is 2.75 bits per heavy atom. The number of aliphatic hydroxyl groups is 1. The van der Waals surface area contributed by atoms with Crippen LogP contribution in [-0.2, 0) is 13.0 Å². The molecule has 0 spiro atoms. The molecule has 3 heteroatoms. The van der Waals surface area contributed by atoms with Crippen LogP contribution in [0, 0.1) is 0 Å². The number of aliphatic hydroxyl groups excluding tert-OH is 1. The molecule has 3 nitrogen and oxygen atoms in total. The first-order valence-corrected chi connectivity index (χ1v) is 5.88. The molecule has 1 heterocycles. The van der Waals surface area contributed by atoms with E-state index < -0.39 is 0 Å². The van der Waals surface area contributed by atoms with Crippen molar-refractivity contribution in [3.8, 4) is 0 Å². The van der Waals surface area contributed by atoms with Crippen LogP contribution in [0.2, 0.25) is 0 Å². The number of imidazole rings is 1. The zero-order chi connectivity index (χ0) is 11.5. The average Bonchev–Trinajstić information content (AvgIpc) is 2.67. The van der Waals surface area contributed by atoms with Gasteiger partial charge in [0, 0.05) is 6.42 Å². The molecule has 0 bridgehead atoms. The number of nitrogens with zero attached hydrogens (tertiary/aromatic N) is 2. The van der Waals surface area contributed by atoms with Gasteiger partial charge in [-0.1, -0.05) is 26.0 Å². The highest BCUT2D eigenvalue weighted by Crippen LogP contribution is 2.17. The lowest BCUT2D eigenvalue weighted by Crippen LogP contribution is -2.16. The van der Waals surface area contributed by atoms with Crippen LogP contribution in [0.1, 0.15) is 26.1 Å². The summed E-state index contributed by atoms with van der Waals surface area (Å²) in [5.74, 6) is 1.05. The molecule has 0 amide bonds. The second-order valence-electron chi connectivity index (χ2n) is 4.04. The van der Waals surface area contributed by atoms with Crippen LogP contribution in [-0.4, -0.2) is 20.8 Å². The molecule has 2 aromatic rings. The summed E-state index contributed by atoms with van der Waals surface area (Å²) >= 11 is 0. The molecule has 0 fully saturated rings. The summed E-state index contributed by atoms with van der Waals surface area (Å²) in [7, 11) is 0. The lowest BCUT2D eigenvalue weighted by Gasteiger charge is -2.12. The molecule has 16 heavy (non-hydrogen) atoms. The van der Waals surface area contributed by atoms with Gasteiger partial charge in [0.05, 0.1) is 23.7 Å². The van der Waals surface area contributed by atoms with Crippen LogP contribution in [0.3, 0.4) is 0 Å². The highest BCUT2D eigenvalue weighted by Gasteiger charge is 2.11. The van der Waals surface area contributed by atoms with E-state index >= 15 is 0 Å². The van der Waals surface area contributed by atoms with Crippen molar-refractivity contribution in [3.63, 3.8) is 0 Å². The average molecular weight is 218 g/mol. The molecule has 0 saturated heterocycles. The first-order chi connectivity index (χ1) is 7.76. The fourth-order valence-electron chi connectivity index (χ4n) is 1.94. The number of aryl methyl sites for hydroxylation is 1. The molecular weight excluding hydrogens is 200 g/mol. The Balaban J connectivity index is 2.47. The van der Waals surface area contributed by atoms with E-state index in [0.29, 0.717) is 6.54 Å². The lowest BCUT2D eigenvalue weighted by molar-refractivity contribution is 0.150. The van der Waals surface area contributed by atoms with Crippen molar-refractivity contribution in [2.45, 2.75) is 39.3 Å². The Kier molecular flexibility index (Phi) is 3.25. The van der Waals surface area contributed by atoms with Gasteiger partial charge in [-0.2, -0.15) is 0 Å². The van der Waals surface area contributed by atoms with Gasteiger partial charge < -0.3 is 9.67 Å². The Morgan fingerprint density at radius 1 is 1.31 bits per heavy atom. The van der Waals surface area contributed by atoms with Gasteiger partial charge in [0.1, 0.15) is 5.82 Å². The molecule has 2 rings (SSSR count). The smallest absolute Gasteiger partial charge is 0.109 e.